The molecule has 0 saturated carbocycles. The van der Waals surface area contributed by atoms with Crippen LogP contribution in [0.1, 0.15) is 27.3 Å². The average Bonchev–Trinajstić information content (AvgIpc) is 2.94. The fraction of sp³-hybridized carbons (Fsp3) is 0.0909. The molecule has 0 bridgehead atoms. The summed E-state index contributed by atoms with van der Waals surface area (Å²) in [6.07, 6.45) is 1.66. The van der Waals surface area contributed by atoms with Gasteiger partial charge in [-0.3, -0.25) is 4.79 Å². The van der Waals surface area contributed by atoms with Gasteiger partial charge < -0.3 is 4.57 Å². The van der Waals surface area contributed by atoms with Gasteiger partial charge >= 0.3 is 0 Å². The Hall–Kier alpha value is -3.09. The molecule has 0 radical (unpaired) electrons. The summed E-state index contributed by atoms with van der Waals surface area (Å²) < 4.78 is 2.07. The lowest BCUT2D eigenvalue weighted by atomic mass is 10.0. The van der Waals surface area contributed by atoms with Crippen LogP contribution in [0.5, 0.6) is 0 Å². The highest BCUT2D eigenvalue weighted by Crippen LogP contribution is 2.24. The van der Waals surface area contributed by atoms with Crippen LogP contribution < -0.4 is 0 Å². The minimum Gasteiger partial charge on any atom is -0.318 e. The summed E-state index contributed by atoms with van der Waals surface area (Å²) in [5, 5.41) is 10.2. The molecular formula is C22H17ClN2O. The summed E-state index contributed by atoms with van der Waals surface area (Å²) in [5.74, 6) is -0.274. The zero-order chi connectivity index (χ0) is 18.7. The number of aryl methyl sites for hydroxylation is 1. The number of nitriles is 1. The van der Waals surface area contributed by atoms with Crippen molar-refractivity contribution in [2.75, 3.05) is 0 Å². The lowest BCUT2D eigenvalue weighted by molar-refractivity contribution is 0.104. The maximum Gasteiger partial charge on any atom is 0.203 e. The predicted molar refractivity (Wildman–Crippen MR) is 105 cm³/mol. The number of allylic oxidation sites excluding steroid dienone is 1. The van der Waals surface area contributed by atoms with Gasteiger partial charge in [-0.2, -0.15) is 5.26 Å². The van der Waals surface area contributed by atoms with E-state index in [0.717, 1.165) is 22.6 Å². The molecule has 26 heavy (non-hydrogen) atoms. The zero-order valence-electron chi connectivity index (χ0n) is 14.5. The Morgan fingerprint density at radius 1 is 1.08 bits per heavy atom. The summed E-state index contributed by atoms with van der Waals surface area (Å²) >= 11 is 5.97. The smallest absolute Gasteiger partial charge is 0.203 e. The van der Waals surface area contributed by atoms with Crippen LogP contribution in [0.4, 0.5) is 0 Å². The SMILES string of the molecule is Cc1cc(/C=C(\C#N)C(=O)c2ccccc2)c(C)n1-c1ccc(Cl)cc1. The monoisotopic (exact) mass is 360 g/mol. The number of Topliss-reactive ketones (excluding diaryl/α,β-unsaturated/α-hetero) is 1. The fourth-order valence-corrected chi connectivity index (χ4v) is 3.10. The summed E-state index contributed by atoms with van der Waals surface area (Å²) in [6, 6.07) is 20.4. The first kappa shape index (κ1) is 17.7. The Labute approximate surface area is 157 Å². The van der Waals surface area contributed by atoms with Crippen LogP contribution in [-0.4, -0.2) is 10.4 Å². The maximum atomic E-state index is 12.6. The summed E-state index contributed by atoms with van der Waals surface area (Å²) in [5.41, 5.74) is 4.42. The van der Waals surface area contributed by atoms with Gasteiger partial charge in [-0.25, -0.2) is 0 Å². The standard InChI is InChI=1S/C22H17ClN2O/c1-15-12-18(16(2)25(15)21-10-8-20(23)9-11-21)13-19(14-24)22(26)17-6-4-3-5-7-17/h3-13H,1-2H3/b19-13+. The van der Waals surface area contributed by atoms with Crippen LogP contribution in [0, 0.1) is 25.2 Å². The second kappa shape index (κ2) is 7.43. The van der Waals surface area contributed by atoms with Crippen molar-refractivity contribution in [3.05, 3.63) is 93.8 Å². The average molecular weight is 361 g/mol. The molecule has 4 heteroatoms. The molecule has 2 aromatic carbocycles. The van der Waals surface area contributed by atoms with E-state index in [0.29, 0.717) is 10.6 Å². The van der Waals surface area contributed by atoms with Crippen LogP contribution in [0.15, 0.2) is 66.2 Å². The van der Waals surface area contributed by atoms with E-state index in [4.69, 9.17) is 11.6 Å². The highest BCUT2D eigenvalue weighted by Gasteiger charge is 2.15. The molecule has 0 aliphatic heterocycles. The van der Waals surface area contributed by atoms with E-state index >= 15 is 0 Å². The summed E-state index contributed by atoms with van der Waals surface area (Å²) in [6.45, 7) is 3.96. The molecule has 128 valence electrons. The molecule has 3 rings (SSSR count). The molecule has 0 spiro atoms. The van der Waals surface area contributed by atoms with Crippen molar-refractivity contribution in [3.8, 4) is 11.8 Å². The largest absolute Gasteiger partial charge is 0.318 e. The van der Waals surface area contributed by atoms with Gasteiger partial charge in [0.25, 0.3) is 0 Å². The van der Waals surface area contributed by atoms with Gasteiger partial charge in [0, 0.05) is 27.7 Å². The number of rotatable bonds is 4. The van der Waals surface area contributed by atoms with Gasteiger partial charge in [-0.15, -0.1) is 0 Å². The Kier molecular flexibility index (Phi) is 5.06. The van der Waals surface area contributed by atoms with Gasteiger partial charge in [0.15, 0.2) is 0 Å². The molecule has 0 N–H and O–H groups in total. The Morgan fingerprint density at radius 2 is 1.73 bits per heavy atom. The normalized spacial score (nSPS) is 11.2. The lowest BCUT2D eigenvalue weighted by Crippen LogP contribution is -2.02. The molecule has 3 nitrogen and oxygen atoms in total. The molecule has 1 heterocycles. The van der Waals surface area contributed by atoms with Crippen molar-refractivity contribution in [1.82, 2.24) is 4.57 Å². The predicted octanol–water partition coefficient (Wildman–Crippen LogP) is 5.54. The van der Waals surface area contributed by atoms with E-state index in [1.54, 1.807) is 30.3 Å². The van der Waals surface area contributed by atoms with Gasteiger partial charge in [-0.05, 0) is 55.8 Å². The lowest BCUT2D eigenvalue weighted by Gasteiger charge is -2.09. The maximum absolute atomic E-state index is 12.6. The van der Waals surface area contributed by atoms with Gasteiger partial charge in [0.2, 0.25) is 5.78 Å². The molecule has 0 aliphatic carbocycles. The number of carbonyl (C=O) groups excluding carboxylic acids is 1. The molecule has 0 fully saturated rings. The number of halogens is 1. The third-order valence-corrected chi connectivity index (χ3v) is 4.51. The number of carbonyl (C=O) groups is 1. The first-order valence-electron chi connectivity index (χ1n) is 8.17. The van der Waals surface area contributed by atoms with E-state index in [-0.39, 0.29) is 11.4 Å². The molecule has 0 amide bonds. The molecular weight excluding hydrogens is 344 g/mol. The highest BCUT2D eigenvalue weighted by atomic mass is 35.5. The third-order valence-electron chi connectivity index (χ3n) is 4.26. The Morgan fingerprint density at radius 3 is 2.35 bits per heavy atom. The number of hydrogen-bond acceptors (Lipinski definition) is 2. The second-order valence-corrected chi connectivity index (χ2v) is 6.44. The Bertz CT molecular complexity index is 1020. The van der Waals surface area contributed by atoms with Gasteiger partial charge in [0.1, 0.15) is 11.6 Å². The first-order valence-corrected chi connectivity index (χ1v) is 8.55. The van der Waals surface area contributed by atoms with Crippen LogP contribution in [0.3, 0.4) is 0 Å². The number of ketones is 1. The van der Waals surface area contributed by atoms with Crippen molar-refractivity contribution in [3.63, 3.8) is 0 Å². The van der Waals surface area contributed by atoms with Crippen LogP contribution >= 0.6 is 11.6 Å². The number of benzene rings is 2. The van der Waals surface area contributed by atoms with Crippen molar-refractivity contribution < 1.29 is 4.79 Å². The highest BCUT2D eigenvalue weighted by molar-refractivity contribution is 6.30. The van der Waals surface area contributed by atoms with E-state index in [2.05, 4.69) is 4.57 Å². The number of aromatic nitrogens is 1. The minimum absolute atomic E-state index is 0.118. The fourth-order valence-electron chi connectivity index (χ4n) is 2.97. The minimum atomic E-state index is -0.274. The number of nitrogens with zero attached hydrogens (tertiary/aromatic N) is 2. The molecule has 0 aliphatic rings. The van der Waals surface area contributed by atoms with Crippen LogP contribution in [0.25, 0.3) is 11.8 Å². The van der Waals surface area contributed by atoms with Crippen molar-refractivity contribution in [2.45, 2.75) is 13.8 Å². The van der Waals surface area contributed by atoms with E-state index in [9.17, 15) is 10.1 Å². The van der Waals surface area contributed by atoms with Crippen LogP contribution in [0.2, 0.25) is 5.02 Å². The molecule has 1 aromatic heterocycles. The zero-order valence-corrected chi connectivity index (χ0v) is 15.3. The third kappa shape index (κ3) is 3.46. The van der Waals surface area contributed by atoms with E-state index < -0.39 is 0 Å². The summed E-state index contributed by atoms with van der Waals surface area (Å²) in [7, 11) is 0. The molecule has 0 atom stereocenters. The van der Waals surface area contributed by atoms with E-state index in [1.165, 1.54) is 0 Å². The Balaban J connectivity index is 2.03. The number of hydrogen-bond donors (Lipinski definition) is 0. The molecule has 0 saturated heterocycles. The van der Waals surface area contributed by atoms with Gasteiger partial charge in [0.05, 0.1) is 0 Å². The van der Waals surface area contributed by atoms with Crippen molar-refractivity contribution in [2.24, 2.45) is 0 Å². The van der Waals surface area contributed by atoms with Crippen molar-refractivity contribution >= 4 is 23.5 Å². The van der Waals surface area contributed by atoms with Gasteiger partial charge in [-0.1, -0.05) is 41.9 Å². The quantitative estimate of drug-likeness (QED) is 0.348. The summed E-state index contributed by atoms with van der Waals surface area (Å²) in [4.78, 5) is 12.6. The first-order chi connectivity index (χ1) is 12.5. The molecule has 0 unspecified atom stereocenters. The second-order valence-electron chi connectivity index (χ2n) is 6.00. The molecule has 3 aromatic rings. The van der Waals surface area contributed by atoms with Crippen molar-refractivity contribution in [1.29, 1.82) is 5.26 Å². The van der Waals surface area contributed by atoms with E-state index in [1.807, 2.05) is 56.3 Å². The van der Waals surface area contributed by atoms with Crippen LogP contribution in [-0.2, 0) is 0 Å². The topological polar surface area (TPSA) is 45.8 Å².